The predicted molar refractivity (Wildman–Crippen MR) is 95.2 cm³/mol. The minimum atomic E-state index is -0.337. The zero-order valence-corrected chi connectivity index (χ0v) is 14.8. The van der Waals surface area contributed by atoms with Gasteiger partial charge in [0.2, 0.25) is 0 Å². The van der Waals surface area contributed by atoms with Crippen molar-refractivity contribution in [1.82, 2.24) is 4.90 Å². The van der Waals surface area contributed by atoms with Crippen LogP contribution in [0.2, 0.25) is 5.02 Å². The summed E-state index contributed by atoms with van der Waals surface area (Å²) in [5.41, 5.74) is 1.78. The van der Waals surface area contributed by atoms with Crippen LogP contribution >= 0.6 is 11.6 Å². The summed E-state index contributed by atoms with van der Waals surface area (Å²) in [5.74, 6) is -0.463. The molecule has 0 bridgehead atoms. The van der Waals surface area contributed by atoms with Gasteiger partial charge in [-0.2, -0.15) is 0 Å². The molecule has 24 heavy (non-hydrogen) atoms. The van der Waals surface area contributed by atoms with Gasteiger partial charge in [-0.3, -0.25) is 14.5 Å². The second-order valence-corrected chi connectivity index (χ2v) is 7.80. The molecule has 0 radical (unpaired) electrons. The van der Waals surface area contributed by atoms with Crippen molar-refractivity contribution in [2.75, 3.05) is 0 Å². The summed E-state index contributed by atoms with van der Waals surface area (Å²) in [7, 11) is 0. The molecule has 1 heterocycles. The van der Waals surface area contributed by atoms with E-state index in [-0.39, 0.29) is 23.3 Å². The number of halogens is 1. The van der Waals surface area contributed by atoms with Crippen molar-refractivity contribution in [1.29, 1.82) is 0 Å². The van der Waals surface area contributed by atoms with Crippen LogP contribution in [0.15, 0.2) is 48.5 Å². The fourth-order valence-electron chi connectivity index (χ4n) is 3.14. The molecule has 4 heteroatoms. The van der Waals surface area contributed by atoms with Crippen LogP contribution in [-0.2, 0) is 0 Å². The largest absolute Gasteiger partial charge is 0.269 e. The molecule has 0 N–H and O–H groups in total. The van der Waals surface area contributed by atoms with Gasteiger partial charge >= 0.3 is 0 Å². The molecule has 1 aliphatic heterocycles. The fraction of sp³-hybridized carbons (Fsp3) is 0.300. The van der Waals surface area contributed by atoms with Crippen LogP contribution in [0, 0.1) is 5.41 Å². The highest BCUT2D eigenvalue weighted by Crippen LogP contribution is 2.39. The number of benzene rings is 2. The maximum atomic E-state index is 12.9. The highest BCUT2D eigenvalue weighted by atomic mass is 35.5. The molecule has 1 atom stereocenters. The molecule has 3 rings (SSSR count). The number of carbonyl (C=O) groups is 2. The second-order valence-electron chi connectivity index (χ2n) is 7.36. The highest BCUT2D eigenvalue weighted by Gasteiger charge is 2.41. The van der Waals surface area contributed by atoms with Crippen LogP contribution in [0.5, 0.6) is 0 Å². The molecule has 1 unspecified atom stereocenters. The zero-order valence-electron chi connectivity index (χ0n) is 14.0. The number of rotatable bonds is 3. The molecule has 2 amide bonds. The van der Waals surface area contributed by atoms with Crippen molar-refractivity contribution >= 4 is 23.4 Å². The number of imide groups is 1. The van der Waals surface area contributed by atoms with E-state index >= 15 is 0 Å². The number of fused-ring (bicyclic) bond motifs is 1. The van der Waals surface area contributed by atoms with Crippen LogP contribution in [0.3, 0.4) is 0 Å². The number of hydrogen-bond donors (Lipinski definition) is 0. The first-order chi connectivity index (χ1) is 11.3. The lowest BCUT2D eigenvalue weighted by atomic mass is 9.84. The minimum Gasteiger partial charge on any atom is -0.269 e. The molecule has 0 spiro atoms. The van der Waals surface area contributed by atoms with E-state index in [1.165, 1.54) is 4.90 Å². The summed E-state index contributed by atoms with van der Waals surface area (Å²) in [6.07, 6.45) is 0.665. The number of nitrogens with zero attached hydrogens (tertiary/aromatic N) is 1. The van der Waals surface area contributed by atoms with Gasteiger partial charge in [0, 0.05) is 5.02 Å². The maximum Gasteiger partial charge on any atom is 0.262 e. The van der Waals surface area contributed by atoms with E-state index < -0.39 is 0 Å². The Morgan fingerprint density at radius 2 is 1.54 bits per heavy atom. The van der Waals surface area contributed by atoms with Gasteiger partial charge in [0.15, 0.2) is 0 Å². The summed E-state index contributed by atoms with van der Waals surface area (Å²) < 4.78 is 0. The fourth-order valence-corrected chi connectivity index (χ4v) is 3.34. The van der Waals surface area contributed by atoms with Crippen molar-refractivity contribution in [2.45, 2.75) is 33.2 Å². The van der Waals surface area contributed by atoms with Gasteiger partial charge in [0.05, 0.1) is 17.2 Å². The minimum absolute atomic E-state index is 0.0533. The summed E-state index contributed by atoms with van der Waals surface area (Å²) in [6, 6.07) is 14.1. The third-order valence-electron chi connectivity index (χ3n) is 4.18. The molecule has 0 saturated heterocycles. The standard InChI is InChI=1S/C20H20ClNO2/c1-20(2,3)12-17(13-7-6-8-14(21)11-13)22-18(23)15-9-4-5-10-16(15)19(22)24/h4-11,17H,12H2,1-3H3. The highest BCUT2D eigenvalue weighted by molar-refractivity contribution is 6.30. The van der Waals surface area contributed by atoms with E-state index in [9.17, 15) is 9.59 Å². The average molecular weight is 342 g/mol. The first kappa shape index (κ1) is 16.7. The molecular weight excluding hydrogens is 322 g/mol. The molecule has 124 valence electrons. The van der Waals surface area contributed by atoms with Crippen LogP contribution < -0.4 is 0 Å². The third-order valence-corrected chi connectivity index (χ3v) is 4.41. The molecule has 2 aromatic carbocycles. The van der Waals surface area contributed by atoms with Gasteiger partial charge in [-0.1, -0.05) is 56.6 Å². The summed E-state index contributed by atoms with van der Waals surface area (Å²) in [4.78, 5) is 27.1. The lowest BCUT2D eigenvalue weighted by Crippen LogP contribution is -2.36. The van der Waals surface area contributed by atoms with E-state index in [0.29, 0.717) is 22.6 Å². The summed E-state index contributed by atoms with van der Waals surface area (Å²) in [6.45, 7) is 6.30. The molecule has 0 saturated carbocycles. The van der Waals surface area contributed by atoms with Crippen LogP contribution in [0.1, 0.15) is 59.5 Å². The van der Waals surface area contributed by atoms with E-state index in [0.717, 1.165) is 5.56 Å². The number of amides is 2. The van der Waals surface area contributed by atoms with Crippen molar-refractivity contribution in [3.05, 3.63) is 70.2 Å². The predicted octanol–water partition coefficient (Wildman–Crippen LogP) is 5.11. The van der Waals surface area contributed by atoms with Crippen molar-refractivity contribution in [3.8, 4) is 0 Å². The maximum absolute atomic E-state index is 12.9. The first-order valence-electron chi connectivity index (χ1n) is 8.00. The Morgan fingerprint density at radius 1 is 0.958 bits per heavy atom. The quantitative estimate of drug-likeness (QED) is 0.727. The smallest absolute Gasteiger partial charge is 0.262 e. The van der Waals surface area contributed by atoms with Gasteiger partial charge in [-0.05, 0) is 41.7 Å². The Bertz CT molecular complexity index is 772. The Balaban J connectivity index is 2.07. The van der Waals surface area contributed by atoms with Gasteiger partial charge in [-0.15, -0.1) is 0 Å². The first-order valence-corrected chi connectivity index (χ1v) is 8.38. The van der Waals surface area contributed by atoms with Gasteiger partial charge < -0.3 is 0 Å². The average Bonchev–Trinajstić information content (AvgIpc) is 2.76. The summed E-state index contributed by atoms with van der Waals surface area (Å²) >= 11 is 6.14. The molecule has 0 aromatic heterocycles. The Hall–Kier alpha value is -2.13. The zero-order chi connectivity index (χ0) is 17.5. The molecule has 1 aliphatic rings. The van der Waals surface area contributed by atoms with Gasteiger partial charge in [-0.25, -0.2) is 0 Å². The Labute approximate surface area is 147 Å². The molecule has 0 fully saturated rings. The van der Waals surface area contributed by atoms with E-state index in [4.69, 9.17) is 11.6 Å². The molecular formula is C20H20ClNO2. The Morgan fingerprint density at radius 3 is 2.04 bits per heavy atom. The molecule has 2 aromatic rings. The lowest BCUT2D eigenvalue weighted by molar-refractivity contribution is 0.0543. The van der Waals surface area contributed by atoms with Crippen LogP contribution in [0.4, 0.5) is 0 Å². The number of hydrogen-bond acceptors (Lipinski definition) is 2. The van der Waals surface area contributed by atoms with Crippen molar-refractivity contribution in [3.63, 3.8) is 0 Å². The summed E-state index contributed by atoms with van der Waals surface area (Å²) in [5, 5.41) is 0.600. The monoisotopic (exact) mass is 341 g/mol. The lowest BCUT2D eigenvalue weighted by Gasteiger charge is -2.32. The second kappa shape index (κ2) is 6.06. The van der Waals surface area contributed by atoms with Crippen LogP contribution in [0.25, 0.3) is 0 Å². The van der Waals surface area contributed by atoms with E-state index in [1.54, 1.807) is 30.3 Å². The van der Waals surface area contributed by atoms with Crippen molar-refractivity contribution in [2.24, 2.45) is 5.41 Å². The van der Waals surface area contributed by atoms with Gasteiger partial charge in [0.25, 0.3) is 11.8 Å². The van der Waals surface area contributed by atoms with Crippen molar-refractivity contribution < 1.29 is 9.59 Å². The van der Waals surface area contributed by atoms with Crippen LogP contribution in [-0.4, -0.2) is 16.7 Å². The topological polar surface area (TPSA) is 37.4 Å². The Kier molecular flexibility index (Phi) is 4.22. The SMILES string of the molecule is CC(C)(C)CC(c1cccc(Cl)c1)N1C(=O)c2ccccc2C1=O. The van der Waals surface area contributed by atoms with E-state index in [2.05, 4.69) is 20.8 Å². The molecule has 3 nitrogen and oxygen atoms in total. The molecule has 0 aliphatic carbocycles. The van der Waals surface area contributed by atoms with E-state index in [1.807, 2.05) is 18.2 Å². The normalized spacial score (nSPS) is 15.6. The van der Waals surface area contributed by atoms with Gasteiger partial charge in [0.1, 0.15) is 0 Å². The number of carbonyl (C=O) groups excluding carboxylic acids is 2. The third kappa shape index (κ3) is 3.09.